The Hall–Kier alpha value is -4.02. The maximum absolute atomic E-state index is 10.4. The Morgan fingerprint density at radius 1 is 0.400 bits per heavy atom. The van der Waals surface area contributed by atoms with Crippen LogP contribution < -0.4 is 18.9 Å². The van der Waals surface area contributed by atoms with Crippen molar-refractivity contribution in [2.45, 2.75) is 130 Å². The molecule has 0 aliphatic heterocycles. The monoisotopic (exact) mass is 897 g/mol. The van der Waals surface area contributed by atoms with Crippen LogP contribution in [0.5, 0.6) is 23.0 Å². The standard InChI is InChI=1S/C40H51BO7.C16H36N/c1-43-37-17-9-31(10-18-37)27-35(28-32-11-19-38(44-2)20-12-32)7-5-25-47-41(42)48-26-6-8-36(29-33-13-21-39(45-3)22-14-33)30-34-15-23-40(46-4)24-16-34;1-5-9-13-17(14-10-6-2,15-11-7-3)16-12-8-4/h9-24,35-36,42H,5-8,25-30H2,1-4H3;5-16H2,1-4H3/q;+1. The largest absolute Gasteiger partial charge is 0.636 e. The van der Waals surface area contributed by atoms with Crippen molar-refractivity contribution < 1.29 is 37.8 Å². The van der Waals surface area contributed by atoms with Crippen molar-refractivity contribution in [1.29, 1.82) is 0 Å². The SMILES string of the molecule is CCCC[N+](CCCC)(CCCC)CCCC.COc1ccc(CC(CCCOB(O)OCCCC(Cc2ccc(OC)cc2)Cc2ccc(OC)cc2)Cc2ccc(OC)cc2)cc1. The van der Waals surface area contributed by atoms with Crippen molar-refractivity contribution in [3.63, 3.8) is 0 Å². The minimum Gasteiger partial charge on any atom is -0.497 e. The molecule has 0 fully saturated rings. The number of unbranched alkanes of at least 4 members (excludes halogenated alkanes) is 4. The molecule has 0 heterocycles. The van der Waals surface area contributed by atoms with Crippen LogP contribution in [0.25, 0.3) is 0 Å². The molecule has 0 amide bonds. The molecule has 0 unspecified atom stereocenters. The van der Waals surface area contributed by atoms with E-state index in [9.17, 15) is 5.02 Å². The first kappa shape index (κ1) is 55.3. The fraction of sp³-hybridized carbons (Fsp3) is 0.571. The lowest BCUT2D eigenvalue weighted by Crippen LogP contribution is -2.50. The number of nitrogens with zero attached hydrogens (tertiary/aromatic N) is 1. The van der Waals surface area contributed by atoms with Gasteiger partial charge in [-0.2, -0.15) is 0 Å². The predicted molar refractivity (Wildman–Crippen MR) is 271 cm³/mol. The van der Waals surface area contributed by atoms with Crippen molar-refractivity contribution in [2.24, 2.45) is 11.8 Å². The van der Waals surface area contributed by atoms with E-state index in [-0.39, 0.29) is 0 Å². The minimum atomic E-state index is -1.23. The highest BCUT2D eigenvalue weighted by atomic mass is 16.7. The van der Waals surface area contributed by atoms with Crippen LogP contribution in [0.3, 0.4) is 0 Å². The van der Waals surface area contributed by atoms with Gasteiger partial charge in [0.1, 0.15) is 23.0 Å². The van der Waals surface area contributed by atoms with Crippen LogP contribution in [0.1, 0.15) is 127 Å². The number of quaternary nitrogens is 1. The Balaban J connectivity index is 0.000000558. The molecule has 8 nitrogen and oxygen atoms in total. The zero-order chi connectivity index (χ0) is 47.0. The highest BCUT2D eigenvalue weighted by Gasteiger charge is 2.25. The summed E-state index contributed by atoms with van der Waals surface area (Å²) in [4.78, 5) is 0. The molecule has 360 valence electrons. The number of ether oxygens (including phenoxy) is 4. The van der Waals surface area contributed by atoms with E-state index < -0.39 is 7.32 Å². The number of benzene rings is 4. The van der Waals surface area contributed by atoms with Gasteiger partial charge in [0.15, 0.2) is 0 Å². The van der Waals surface area contributed by atoms with Crippen LogP contribution in [-0.2, 0) is 35.0 Å². The molecule has 0 saturated heterocycles. The van der Waals surface area contributed by atoms with Gasteiger partial charge in [0.2, 0.25) is 0 Å². The highest BCUT2D eigenvalue weighted by Crippen LogP contribution is 2.25. The lowest BCUT2D eigenvalue weighted by molar-refractivity contribution is -0.929. The summed E-state index contributed by atoms with van der Waals surface area (Å²) >= 11 is 0. The second kappa shape index (κ2) is 33.5. The van der Waals surface area contributed by atoms with Crippen molar-refractivity contribution in [3.8, 4) is 23.0 Å². The molecule has 65 heavy (non-hydrogen) atoms. The molecule has 4 aromatic carbocycles. The third-order valence-electron chi connectivity index (χ3n) is 12.7. The second-order valence-corrected chi connectivity index (χ2v) is 17.9. The van der Waals surface area contributed by atoms with E-state index in [1.54, 1.807) is 28.4 Å². The van der Waals surface area contributed by atoms with Crippen molar-refractivity contribution >= 4 is 7.32 Å². The van der Waals surface area contributed by atoms with Crippen molar-refractivity contribution in [3.05, 3.63) is 119 Å². The summed E-state index contributed by atoms with van der Waals surface area (Å²) in [5, 5.41) is 10.4. The van der Waals surface area contributed by atoms with E-state index in [0.29, 0.717) is 25.0 Å². The maximum Gasteiger partial charge on any atom is 0.636 e. The molecule has 9 heteroatoms. The van der Waals surface area contributed by atoms with Crippen LogP contribution in [0.15, 0.2) is 97.1 Å². The average molecular weight is 897 g/mol. The topological polar surface area (TPSA) is 75.6 Å². The Morgan fingerprint density at radius 2 is 0.646 bits per heavy atom. The van der Waals surface area contributed by atoms with Crippen molar-refractivity contribution in [2.75, 3.05) is 67.8 Å². The van der Waals surface area contributed by atoms with E-state index >= 15 is 0 Å². The van der Waals surface area contributed by atoms with Gasteiger partial charge >= 0.3 is 7.32 Å². The van der Waals surface area contributed by atoms with E-state index in [0.717, 1.165) is 74.4 Å². The summed E-state index contributed by atoms with van der Waals surface area (Å²) in [5.41, 5.74) is 5.10. The lowest BCUT2D eigenvalue weighted by Gasteiger charge is -2.39. The summed E-state index contributed by atoms with van der Waals surface area (Å²) in [6, 6.07) is 33.1. The molecule has 0 spiro atoms. The quantitative estimate of drug-likeness (QED) is 0.0284. The Kier molecular flexibility index (Phi) is 28.5. The Labute approximate surface area is 396 Å². The minimum absolute atomic E-state index is 0.418. The first-order chi connectivity index (χ1) is 31.7. The first-order valence-corrected chi connectivity index (χ1v) is 25.0. The molecule has 0 aromatic heterocycles. The molecule has 1 N–H and O–H groups in total. The molecule has 0 atom stereocenters. The van der Waals surface area contributed by atoms with Crippen LogP contribution >= 0.6 is 0 Å². The molecular weight excluding hydrogens is 809 g/mol. The van der Waals surface area contributed by atoms with Gasteiger partial charge < -0.3 is 37.8 Å². The van der Waals surface area contributed by atoms with Gasteiger partial charge in [0.25, 0.3) is 0 Å². The van der Waals surface area contributed by atoms with Crippen LogP contribution in [0.2, 0.25) is 0 Å². The summed E-state index contributed by atoms with van der Waals surface area (Å²) in [5.74, 6) is 4.27. The van der Waals surface area contributed by atoms with Gasteiger partial charge in [0, 0.05) is 13.2 Å². The molecule has 0 aliphatic rings. The van der Waals surface area contributed by atoms with Gasteiger partial charge in [-0.15, -0.1) is 0 Å². The molecule has 0 radical (unpaired) electrons. The summed E-state index contributed by atoms with van der Waals surface area (Å²) < 4.78 is 34.1. The molecule has 0 saturated carbocycles. The van der Waals surface area contributed by atoms with Gasteiger partial charge in [-0.3, -0.25) is 0 Å². The van der Waals surface area contributed by atoms with E-state index in [1.165, 1.54) is 104 Å². The zero-order valence-corrected chi connectivity index (χ0v) is 41.9. The normalized spacial score (nSPS) is 11.4. The molecule has 0 aliphatic carbocycles. The van der Waals surface area contributed by atoms with Crippen LogP contribution in [-0.4, -0.2) is 84.7 Å². The maximum atomic E-state index is 10.4. The van der Waals surface area contributed by atoms with Gasteiger partial charge in [0.05, 0.1) is 54.6 Å². The van der Waals surface area contributed by atoms with Crippen molar-refractivity contribution in [1.82, 2.24) is 0 Å². The highest BCUT2D eigenvalue weighted by molar-refractivity contribution is 6.34. The smallest absolute Gasteiger partial charge is 0.497 e. The van der Waals surface area contributed by atoms with Gasteiger partial charge in [-0.25, -0.2) is 0 Å². The second-order valence-electron chi connectivity index (χ2n) is 17.9. The summed E-state index contributed by atoms with van der Waals surface area (Å²) in [6.07, 6.45) is 18.4. The number of hydrogen-bond donors (Lipinski definition) is 1. The number of hydrogen-bond acceptors (Lipinski definition) is 7. The summed E-state index contributed by atoms with van der Waals surface area (Å²) in [7, 11) is 5.51. The van der Waals surface area contributed by atoms with Crippen LogP contribution in [0.4, 0.5) is 0 Å². The lowest BCUT2D eigenvalue weighted by atomic mass is 9.89. The molecule has 4 aromatic rings. The Bertz CT molecular complexity index is 1490. The summed E-state index contributed by atoms with van der Waals surface area (Å²) in [6.45, 7) is 15.9. The third-order valence-corrected chi connectivity index (χ3v) is 12.7. The van der Waals surface area contributed by atoms with Crippen LogP contribution in [0, 0.1) is 11.8 Å². The first-order valence-electron chi connectivity index (χ1n) is 25.0. The average Bonchev–Trinajstić information content (AvgIpc) is 3.34. The molecular formula is C56H87BNO7+. The van der Waals surface area contributed by atoms with E-state index in [4.69, 9.17) is 28.3 Å². The molecule has 0 bridgehead atoms. The Morgan fingerprint density at radius 3 is 0.862 bits per heavy atom. The predicted octanol–water partition coefficient (Wildman–Crippen LogP) is 12.8. The van der Waals surface area contributed by atoms with Gasteiger partial charge in [-0.1, -0.05) is 102 Å². The number of methoxy groups -OCH3 is 4. The van der Waals surface area contributed by atoms with Gasteiger partial charge in [-0.05, 0) is 160 Å². The van der Waals surface area contributed by atoms with E-state index in [1.807, 2.05) is 48.5 Å². The third kappa shape index (κ3) is 22.8. The molecule has 4 rings (SSSR count). The zero-order valence-electron chi connectivity index (χ0n) is 41.9. The van der Waals surface area contributed by atoms with E-state index in [2.05, 4.69) is 76.2 Å². The fourth-order valence-electron chi connectivity index (χ4n) is 8.74. The fourth-order valence-corrected chi connectivity index (χ4v) is 8.74. The number of rotatable bonds is 34.